The van der Waals surface area contributed by atoms with Crippen LogP contribution in [0.1, 0.15) is 29.2 Å². The number of carbonyl (C=O) groups excluding carboxylic acids is 1. The maximum Gasteiger partial charge on any atom is 0.252 e. The van der Waals surface area contributed by atoms with E-state index in [9.17, 15) is 9.18 Å². The molecule has 0 bridgehead atoms. The number of nitrogens with zero attached hydrogens (tertiary/aromatic N) is 4. The Morgan fingerprint density at radius 3 is 2.57 bits per heavy atom. The molecule has 0 aliphatic carbocycles. The zero-order chi connectivity index (χ0) is 24.2. The highest BCUT2D eigenvalue weighted by Gasteiger charge is 2.41. The number of benzene rings is 3. The van der Waals surface area contributed by atoms with Gasteiger partial charge in [0.25, 0.3) is 5.91 Å². The van der Waals surface area contributed by atoms with Crippen molar-refractivity contribution in [1.29, 1.82) is 0 Å². The molecule has 2 aliphatic rings. The Labute approximate surface area is 202 Å². The second kappa shape index (κ2) is 10.2. The number of rotatable bonds is 5. The third kappa shape index (κ3) is 4.85. The summed E-state index contributed by atoms with van der Waals surface area (Å²) in [6, 6.07) is 22.6. The molecule has 1 amide bonds. The molecule has 2 aliphatic heterocycles. The van der Waals surface area contributed by atoms with E-state index in [-0.39, 0.29) is 30.8 Å². The molecule has 35 heavy (non-hydrogen) atoms. The van der Waals surface area contributed by atoms with E-state index in [1.165, 1.54) is 17.7 Å². The number of ether oxygens (including phenoxy) is 2. The monoisotopic (exact) mass is 472 g/mol. The molecule has 0 aromatic heterocycles. The summed E-state index contributed by atoms with van der Waals surface area (Å²) in [6.07, 6.45) is -0.331. The SMILES string of the molecule is [N-]=[N+]=N[C@H]1C[C@H](C(=O)N2CCc3ccccc3[C@@H]2c2ccc(F)cc2)OC[C@@H]1Oc1ccccc1. The number of hydrogen-bond acceptors (Lipinski definition) is 4. The summed E-state index contributed by atoms with van der Waals surface area (Å²) in [5.74, 6) is 0.145. The first-order chi connectivity index (χ1) is 17.1. The van der Waals surface area contributed by atoms with Crippen molar-refractivity contribution >= 4 is 5.91 Å². The highest BCUT2D eigenvalue weighted by molar-refractivity contribution is 5.82. The largest absolute Gasteiger partial charge is 0.488 e. The molecule has 5 rings (SSSR count). The zero-order valence-electron chi connectivity index (χ0n) is 19.0. The number of amides is 1. The molecular formula is C27H25FN4O3. The van der Waals surface area contributed by atoms with Crippen molar-refractivity contribution in [2.24, 2.45) is 5.11 Å². The van der Waals surface area contributed by atoms with E-state index in [2.05, 4.69) is 16.1 Å². The number of carbonyl (C=O) groups is 1. The lowest BCUT2D eigenvalue weighted by molar-refractivity contribution is -0.153. The predicted octanol–water partition coefficient (Wildman–Crippen LogP) is 5.22. The summed E-state index contributed by atoms with van der Waals surface area (Å²) < 4.78 is 25.6. The van der Waals surface area contributed by atoms with Gasteiger partial charge in [-0.2, -0.15) is 0 Å². The lowest BCUT2D eigenvalue weighted by Gasteiger charge is -2.41. The van der Waals surface area contributed by atoms with Gasteiger partial charge in [0.15, 0.2) is 0 Å². The summed E-state index contributed by atoms with van der Waals surface area (Å²) >= 11 is 0. The molecule has 1 saturated heterocycles. The van der Waals surface area contributed by atoms with Gasteiger partial charge in [-0.3, -0.25) is 4.79 Å². The normalized spacial score (nSPS) is 23.6. The van der Waals surface area contributed by atoms with E-state index in [1.54, 1.807) is 17.0 Å². The van der Waals surface area contributed by atoms with Crippen LogP contribution in [0.3, 0.4) is 0 Å². The smallest absolute Gasteiger partial charge is 0.252 e. The molecule has 3 aromatic rings. The Kier molecular flexibility index (Phi) is 6.66. The van der Waals surface area contributed by atoms with Crippen LogP contribution in [0.15, 0.2) is 84.0 Å². The van der Waals surface area contributed by atoms with Gasteiger partial charge in [0.2, 0.25) is 0 Å². The van der Waals surface area contributed by atoms with E-state index >= 15 is 0 Å². The van der Waals surface area contributed by atoms with Crippen LogP contribution in [0.25, 0.3) is 10.4 Å². The van der Waals surface area contributed by atoms with Crippen LogP contribution in [0.5, 0.6) is 5.75 Å². The van der Waals surface area contributed by atoms with E-state index in [0.717, 1.165) is 11.1 Å². The second-order valence-corrected chi connectivity index (χ2v) is 8.73. The van der Waals surface area contributed by atoms with Crippen molar-refractivity contribution in [2.75, 3.05) is 13.2 Å². The van der Waals surface area contributed by atoms with Crippen molar-refractivity contribution in [1.82, 2.24) is 4.90 Å². The number of fused-ring (bicyclic) bond motifs is 1. The minimum atomic E-state index is -0.769. The van der Waals surface area contributed by atoms with E-state index in [1.807, 2.05) is 48.5 Å². The molecule has 0 unspecified atom stereocenters. The van der Waals surface area contributed by atoms with Gasteiger partial charge in [-0.1, -0.05) is 59.7 Å². The Morgan fingerprint density at radius 1 is 1.06 bits per heavy atom. The number of hydrogen-bond donors (Lipinski definition) is 0. The van der Waals surface area contributed by atoms with Crippen LogP contribution < -0.4 is 4.74 Å². The fourth-order valence-corrected chi connectivity index (χ4v) is 4.90. The van der Waals surface area contributed by atoms with Crippen molar-refractivity contribution in [3.8, 4) is 5.75 Å². The fourth-order valence-electron chi connectivity index (χ4n) is 4.90. The highest BCUT2D eigenvalue weighted by atomic mass is 19.1. The lowest BCUT2D eigenvalue weighted by atomic mass is 9.87. The third-order valence-corrected chi connectivity index (χ3v) is 6.60. The predicted molar refractivity (Wildman–Crippen MR) is 128 cm³/mol. The van der Waals surface area contributed by atoms with Crippen molar-refractivity contribution in [3.63, 3.8) is 0 Å². The Hall–Kier alpha value is -3.87. The summed E-state index contributed by atoms with van der Waals surface area (Å²) in [5.41, 5.74) is 12.2. The molecule has 1 fully saturated rings. The van der Waals surface area contributed by atoms with Crippen LogP contribution in [-0.2, 0) is 16.0 Å². The second-order valence-electron chi connectivity index (χ2n) is 8.73. The summed E-state index contributed by atoms with van der Waals surface area (Å²) in [5, 5.41) is 3.92. The van der Waals surface area contributed by atoms with Crippen LogP contribution in [0.2, 0.25) is 0 Å². The van der Waals surface area contributed by atoms with Crippen LogP contribution in [0, 0.1) is 5.82 Å². The Balaban J connectivity index is 1.39. The summed E-state index contributed by atoms with van der Waals surface area (Å²) in [7, 11) is 0. The summed E-state index contributed by atoms with van der Waals surface area (Å²) in [6.45, 7) is 0.633. The molecule has 7 nitrogen and oxygen atoms in total. The molecule has 0 saturated carbocycles. The average Bonchev–Trinajstić information content (AvgIpc) is 2.90. The topological polar surface area (TPSA) is 87.5 Å². The van der Waals surface area contributed by atoms with Gasteiger partial charge in [0, 0.05) is 11.5 Å². The highest BCUT2D eigenvalue weighted by Crippen LogP contribution is 2.37. The molecule has 4 atom stereocenters. The van der Waals surface area contributed by atoms with Crippen molar-refractivity contribution in [3.05, 3.63) is 112 Å². The summed E-state index contributed by atoms with van der Waals surface area (Å²) in [4.78, 5) is 18.6. The molecule has 0 N–H and O–H groups in total. The van der Waals surface area contributed by atoms with Crippen molar-refractivity contribution < 1.29 is 18.7 Å². The van der Waals surface area contributed by atoms with Gasteiger partial charge in [-0.15, -0.1) is 0 Å². The maximum absolute atomic E-state index is 13.8. The fraction of sp³-hybridized carbons (Fsp3) is 0.296. The van der Waals surface area contributed by atoms with Gasteiger partial charge in [-0.05, 0) is 59.3 Å². The van der Waals surface area contributed by atoms with Crippen LogP contribution in [0.4, 0.5) is 4.39 Å². The van der Waals surface area contributed by atoms with Gasteiger partial charge < -0.3 is 14.4 Å². The molecule has 0 radical (unpaired) electrons. The maximum atomic E-state index is 13.8. The number of halogens is 1. The molecule has 0 spiro atoms. The minimum Gasteiger partial charge on any atom is -0.488 e. The number of azide groups is 1. The van der Waals surface area contributed by atoms with Gasteiger partial charge in [-0.25, -0.2) is 4.39 Å². The van der Waals surface area contributed by atoms with E-state index in [4.69, 9.17) is 15.0 Å². The Bertz CT molecular complexity index is 1230. The van der Waals surface area contributed by atoms with Gasteiger partial charge in [0.05, 0.1) is 18.7 Å². The standard InChI is InChI=1S/C27H25FN4O3/c28-20-12-10-19(11-13-20)26-22-9-5-4-6-18(22)14-15-32(26)27(33)24-16-23(30-31-29)25(17-34-24)35-21-7-2-1-3-8-21/h1-13,23-26H,14-17H2/t23-,24+,25-,26-/m0/s1. The average molecular weight is 473 g/mol. The van der Waals surface area contributed by atoms with E-state index in [0.29, 0.717) is 18.7 Å². The zero-order valence-corrected chi connectivity index (χ0v) is 19.0. The quantitative estimate of drug-likeness (QED) is 0.290. The first kappa shape index (κ1) is 22.9. The van der Waals surface area contributed by atoms with Gasteiger partial charge >= 0.3 is 0 Å². The molecular weight excluding hydrogens is 447 g/mol. The number of para-hydroxylation sites is 1. The first-order valence-corrected chi connectivity index (χ1v) is 11.7. The lowest BCUT2D eigenvalue weighted by Crippen LogP contribution is -2.52. The van der Waals surface area contributed by atoms with Crippen LogP contribution >= 0.6 is 0 Å². The molecule has 178 valence electrons. The third-order valence-electron chi connectivity index (χ3n) is 6.60. The van der Waals surface area contributed by atoms with Crippen LogP contribution in [-0.4, -0.2) is 42.2 Å². The molecule has 3 aromatic carbocycles. The molecule has 2 heterocycles. The van der Waals surface area contributed by atoms with Gasteiger partial charge in [0.1, 0.15) is 23.8 Å². The molecule has 8 heteroatoms. The van der Waals surface area contributed by atoms with E-state index < -0.39 is 18.2 Å². The Morgan fingerprint density at radius 2 is 1.80 bits per heavy atom. The van der Waals surface area contributed by atoms with Crippen molar-refractivity contribution in [2.45, 2.75) is 37.1 Å². The minimum absolute atomic E-state index is 0.126. The first-order valence-electron chi connectivity index (χ1n) is 11.7.